The molecule has 4 rings (SSSR count). The van der Waals surface area contributed by atoms with Crippen molar-refractivity contribution < 1.29 is 13.9 Å². The Morgan fingerprint density at radius 1 is 1.19 bits per heavy atom. The summed E-state index contributed by atoms with van der Waals surface area (Å²) in [5.74, 6) is 3.26. The molecule has 0 aliphatic rings. The lowest BCUT2D eigenvalue weighted by atomic mass is 10.2. The summed E-state index contributed by atoms with van der Waals surface area (Å²) in [7, 11) is 0. The number of nitrogens with zero attached hydrogens (tertiary/aromatic N) is 2. The van der Waals surface area contributed by atoms with E-state index in [-0.39, 0.29) is 5.91 Å². The zero-order valence-corrected chi connectivity index (χ0v) is 19.8. The van der Waals surface area contributed by atoms with Gasteiger partial charge in [0, 0.05) is 30.1 Å². The van der Waals surface area contributed by atoms with Crippen LogP contribution in [0.2, 0.25) is 0 Å². The third kappa shape index (κ3) is 5.34. The molecule has 0 unspecified atom stereocenters. The number of halogens is 1. The highest BCUT2D eigenvalue weighted by Crippen LogP contribution is 2.37. The van der Waals surface area contributed by atoms with Gasteiger partial charge in [-0.1, -0.05) is 22.6 Å². The molecular weight excluding hydrogens is 527 g/mol. The number of ether oxygens (including phenoxy) is 1. The van der Waals surface area contributed by atoms with E-state index in [1.54, 1.807) is 17.7 Å². The number of rotatable bonds is 9. The van der Waals surface area contributed by atoms with Crippen LogP contribution in [0.15, 0.2) is 52.5 Å². The number of anilines is 2. The fraction of sp³-hybridized carbons (Fsp3) is 0.227. The number of carbonyl (C=O) groups is 1. The molecule has 0 saturated carbocycles. The molecule has 0 aliphatic heterocycles. The second kappa shape index (κ2) is 10.1. The fourth-order valence-corrected chi connectivity index (χ4v) is 4.40. The van der Waals surface area contributed by atoms with Crippen LogP contribution in [0.5, 0.6) is 5.75 Å². The van der Waals surface area contributed by atoms with Crippen molar-refractivity contribution in [2.45, 2.75) is 17.8 Å². The lowest BCUT2D eigenvalue weighted by Gasteiger charge is -2.09. The van der Waals surface area contributed by atoms with Crippen LogP contribution in [-0.2, 0) is 9.22 Å². The molecule has 0 spiro atoms. The molecule has 3 aromatic heterocycles. The number of hydrogen-bond donors (Lipinski definition) is 2. The summed E-state index contributed by atoms with van der Waals surface area (Å²) < 4.78 is 12.6. The Kier molecular flexibility index (Phi) is 7.03. The molecular formula is C22H21IN4O3S. The largest absolute Gasteiger partial charge is 0.494 e. The van der Waals surface area contributed by atoms with Crippen LogP contribution in [0.1, 0.15) is 19.1 Å². The summed E-state index contributed by atoms with van der Waals surface area (Å²) in [6.07, 6.45) is 2.38. The van der Waals surface area contributed by atoms with Gasteiger partial charge in [0.15, 0.2) is 0 Å². The SMILES string of the molecule is CC(=O)Nc1ccc(OCCCNc2ncnc3scc(-c4ccc(CI)o4)c23)cc1. The van der Waals surface area contributed by atoms with Crippen molar-refractivity contribution in [2.75, 3.05) is 23.8 Å². The maximum Gasteiger partial charge on any atom is 0.221 e. The molecule has 0 aliphatic carbocycles. The molecule has 1 amide bonds. The smallest absolute Gasteiger partial charge is 0.221 e. The van der Waals surface area contributed by atoms with Crippen LogP contribution in [0.4, 0.5) is 11.5 Å². The van der Waals surface area contributed by atoms with E-state index in [1.165, 1.54) is 6.92 Å². The second-order valence-corrected chi connectivity index (χ2v) is 8.41. The van der Waals surface area contributed by atoms with Gasteiger partial charge in [-0.25, -0.2) is 9.97 Å². The van der Waals surface area contributed by atoms with Gasteiger partial charge in [0.2, 0.25) is 5.91 Å². The normalized spacial score (nSPS) is 10.9. The summed E-state index contributed by atoms with van der Waals surface area (Å²) in [6, 6.07) is 11.3. The van der Waals surface area contributed by atoms with Gasteiger partial charge in [-0.2, -0.15) is 0 Å². The van der Waals surface area contributed by atoms with Gasteiger partial charge in [-0.05, 0) is 42.8 Å². The van der Waals surface area contributed by atoms with E-state index in [1.807, 2.05) is 36.4 Å². The Morgan fingerprint density at radius 2 is 2.03 bits per heavy atom. The molecule has 7 nitrogen and oxygen atoms in total. The summed E-state index contributed by atoms with van der Waals surface area (Å²) in [5.41, 5.74) is 1.76. The first-order valence-electron chi connectivity index (χ1n) is 9.75. The summed E-state index contributed by atoms with van der Waals surface area (Å²) >= 11 is 3.87. The number of thiophene rings is 1. The Balaban J connectivity index is 1.35. The number of fused-ring (bicyclic) bond motifs is 1. The minimum Gasteiger partial charge on any atom is -0.494 e. The fourth-order valence-electron chi connectivity index (χ4n) is 3.09. The Bertz CT molecular complexity index is 1170. The van der Waals surface area contributed by atoms with Crippen molar-refractivity contribution in [1.29, 1.82) is 0 Å². The molecule has 1 aromatic carbocycles. The highest BCUT2D eigenvalue weighted by Gasteiger charge is 2.15. The van der Waals surface area contributed by atoms with Crippen molar-refractivity contribution in [3.63, 3.8) is 0 Å². The van der Waals surface area contributed by atoms with Crippen LogP contribution in [-0.4, -0.2) is 29.0 Å². The van der Waals surface area contributed by atoms with Gasteiger partial charge in [0.05, 0.1) is 16.4 Å². The zero-order valence-electron chi connectivity index (χ0n) is 16.9. The van der Waals surface area contributed by atoms with Crippen LogP contribution >= 0.6 is 33.9 Å². The van der Waals surface area contributed by atoms with Gasteiger partial charge in [0.1, 0.15) is 34.2 Å². The number of nitrogens with one attached hydrogen (secondary N) is 2. The Labute approximate surface area is 197 Å². The van der Waals surface area contributed by atoms with Crippen LogP contribution in [0.25, 0.3) is 21.5 Å². The monoisotopic (exact) mass is 548 g/mol. The predicted molar refractivity (Wildman–Crippen MR) is 132 cm³/mol. The Morgan fingerprint density at radius 3 is 2.77 bits per heavy atom. The minimum absolute atomic E-state index is 0.0927. The number of amides is 1. The van der Waals surface area contributed by atoms with E-state index in [0.29, 0.717) is 13.2 Å². The van der Waals surface area contributed by atoms with E-state index in [0.717, 1.165) is 55.4 Å². The van der Waals surface area contributed by atoms with E-state index in [4.69, 9.17) is 9.15 Å². The van der Waals surface area contributed by atoms with Gasteiger partial charge < -0.3 is 19.8 Å². The average Bonchev–Trinajstić information content (AvgIpc) is 3.41. The molecule has 0 fully saturated rings. The maximum atomic E-state index is 11.1. The molecule has 0 atom stereocenters. The number of furan rings is 1. The second-order valence-electron chi connectivity index (χ2n) is 6.79. The molecule has 0 bridgehead atoms. The average molecular weight is 548 g/mol. The summed E-state index contributed by atoms with van der Waals surface area (Å²) in [5, 5.41) is 9.19. The summed E-state index contributed by atoms with van der Waals surface area (Å²) in [6.45, 7) is 2.76. The molecule has 31 heavy (non-hydrogen) atoms. The highest BCUT2D eigenvalue weighted by molar-refractivity contribution is 14.1. The van der Waals surface area contributed by atoms with E-state index in [9.17, 15) is 4.79 Å². The van der Waals surface area contributed by atoms with E-state index < -0.39 is 0 Å². The third-order valence-corrected chi connectivity index (χ3v) is 6.12. The molecule has 160 valence electrons. The van der Waals surface area contributed by atoms with Crippen LogP contribution < -0.4 is 15.4 Å². The van der Waals surface area contributed by atoms with Crippen molar-refractivity contribution in [3.8, 4) is 17.1 Å². The number of carbonyl (C=O) groups excluding carboxylic acids is 1. The number of alkyl halides is 1. The standard InChI is InChI=1S/C22H21IN4O3S/c1-14(28)27-15-3-5-16(6-4-15)29-10-2-9-24-21-20-18(12-31-22(20)26-13-25-21)19-8-7-17(11-23)30-19/h3-8,12-13H,2,9-11H2,1H3,(H,27,28)(H,24,25,26). The van der Waals surface area contributed by atoms with E-state index >= 15 is 0 Å². The van der Waals surface area contributed by atoms with Crippen LogP contribution in [0, 0.1) is 0 Å². The Hall–Kier alpha value is -2.66. The van der Waals surface area contributed by atoms with Gasteiger partial charge >= 0.3 is 0 Å². The van der Waals surface area contributed by atoms with Crippen molar-refractivity contribution in [2.24, 2.45) is 0 Å². The predicted octanol–water partition coefficient (Wildman–Crippen LogP) is 5.73. The number of benzene rings is 1. The quantitative estimate of drug-likeness (QED) is 0.158. The van der Waals surface area contributed by atoms with Gasteiger partial charge in [0.25, 0.3) is 0 Å². The van der Waals surface area contributed by atoms with Crippen molar-refractivity contribution in [1.82, 2.24) is 9.97 Å². The molecule has 0 saturated heterocycles. The van der Waals surface area contributed by atoms with Crippen molar-refractivity contribution >= 4 is 61.6 Å². The van der Waals surface area contributed by atoms with Gasteiger partial charge in [-0.15, -0.1) is 11.3 Å². The molecule has 2 N–H and O–H groups in total. The molecule has 0 radical (unpaired) electrons. The summed E-state index contributed by atoms with van der Waals surface area (Å²) in [4.78, 5) is 20.8. The van der Waals surface area contributed by atoms with Crippen molar-refractivity contribution in [3.05, 3.63) is 53.9 Å². The lowest BCUT2D eigenvalue weighted by Crippen LogP contribution is -2.09. The highest BCUT2D eigenvalue weighted by atomic mass is 127. The topological polar surface area (TPSA) is 89.3 Å². The molecule has 9 heteroatoms. The number of aromatic nitrogens is 2. The van der Waals surface area contributed by atoms with Crippen LogP contribution in [0.3, 0.4) is 0 Å². The van der Waals surface area contributed by atoms with Gasteiger partial charge in [-0.3, -0.25) is 4.79 Å². The van der Waals surface area contributed by atoms with E-state index in [2.05, 4.69) is 48.6 Å². The minimum atomic E-state index is -0.0927. The number of hydrogen-bond acceptors (Lipinski definition) is 7. The maximum absolute atomic E-state index is 11.1. The first-order valence-corrected chi connectivity index (χ1v) is 12.2. The first-order chi connectivity index (χ1) is 15.1. The first kappa shape index (κ1) is 21.6. The third-order valence-electron chi connectivity index (χ3n) is 4.49. The zero-order chi connectivity index (χ0) is 21.6. The molecule has 3 heterocycles. The molecule has 4 aromatic rings. The lowest BCUT2D eigenvalue weighted by molar-refractivity contribution is -0.114.